The van der Waals surface area contributed by atoms with Gasteiger partial charge in [0, 0.05) is 25.7 Å². The summed E-state index contributed by atoms with van der Waals surface area (Å²) >= 11 is 0. The van der Waals surface area contributed by atoms with Gasteiger partial charge in [-0.25, -0.2) is 0 Å². The molecule has 0 fully saturated rings. The monoisotopic (exact) mass is 311 g/mol. The quantitative estimate of drug-likeness (QED) is 0.728. The Balaban J connectivity index is 2.16. The van der Waals surface area contributed by atoms with E-state index in [1.54, 1.807) is 0 Å². The van der Waals surface area contributed by atoms with Crippen molar-refractivity contribution >= 4 is 0 Å². The average Bonchev–Trinajstić information content (AvgIpc) is 2.61. The Morgan fingerprint density at radius 3 is 2.13 bits per heavy atom. The summed E-state index contributed by atoms with van der Waals surface area (Å²) in [6, 6.07) is 21.6. The maximum absolute atomic E-state index is 9.70. The van der Waals surface area contributed by atoms with Gasteiger partial charge in [-0.3, -0.25) is 4.90 Å². The fourth-order valence-electron chi connectivity index (χ4n) is 3.10. The van der Waals surface area contributed by atoms with Crippen molar-refractivity contribution in [1.82, 2.24) is 4.90 Å². The molecule has 0 spiro atoms. The van der Waals surface area contributed by atoms with Crippen molar-refractivity contribution in [3.63, 3.8) is 0 Å². The van der Waals surface area contributed by atoms with Gasteiger partial charge in [-0.15, -0.1) is 0 Å². The molecule has 2 aromatic carbocycles. The first-order valence-electron chi connectivity index (χ1n) is 8.68. The molecule has 0 amide bonds. The van der Waals surface area contributed by atoms with Crippen molar-refractivity contribution in [2.24, 2.45) is 5.92 Å². The summed E-state index contributed by atoms with van der Waals surface area (Å²) in [5.41, 5.74) is 2.65. The molecule has 1 N–H and O–H groups in total. The Hall–Kier alpha value is -1.64. The van der Waals surface area contributed by atoms with Crippen LogP contribution in [-0.2, 0) is 6.54 Å². The number of aliphatic hydroxyl groups excluding tert-OH is 1. The van der Waals surface area contributed by atoms with Crippen LogP contribution >= 0.6 is 0 Å². The van der Waals surface area contributed by atoms with E-state index in [0.29, 0.717) is 12.0 Å². The minimum absolute atomic E-state index is 0.265. The van der Waals surface area contributed by atoms with Crippen LogP contribution in [0.3, 0.4) is 0 Å². The Morgan fingerprint density at radius 1 is 0.957 bits per heavy atom. The first-order chi connectivity index (χ1) is 11.2. The Labute approximate surface area is 140 Å². The molecular weight excluding hydrogens is 282 g/mol. The summed E-state index contributed by atoms with van der Waals surface area (Å²) in [4.78, 5) is 2.49. The molecule has 0 unspecified atom stereocenters. The molecule has 23 heavy (non-hydrogen) atoms. The summed E-state index contributed by atoms with van der Waals surface area (Å²) < 4.78 is 0. The molecule has 124 valence electrons. The zero-order valence-electron chi connectivity index (χ0n) is 14.4. The smallest absolute Gasteiger partial charge is 0.0471 e. The molecule has 0 saturated carbocycles. The molecule has 0 radical (unpaired) electrons. The van der Waals surface area contributed by atoms with E-state index in [1.165, 1.54) is 11.1 Å². The van der Waals surface area contributed by atoms with Crippen LogP contribution < -0.4 is 0 Å². The molecule has 2 atom stereocenters. The highest BCUT2D eigenvalue weighted by atomic mass is 16.3. The van der Waals surface area contributed by atoms with Crippen molar-refractivity contribution in [1.29, 1.82) is 0 Å². The molecule has 2 nitrogen and oxygen atoms in total. The van der Waals surface area contributed by atoms with E-state index in [-0.39, 0.29) is 6.61 Å². The first-order valence-corrected chi connectivity index (χ1v) is 8.68. The first kappa shape index (κ1) is 17.7. The summed E-state index contributed by atoms with van der Waals surface area (Å²) in [5, 5.41) is 9.70. The van der Waals surface area contributed by atoms with Crippen LogP contribution in [0.25, 0.3) is 0 Å². The second kappa shape index (κ2) is 9.49. The second-order valence-corrected chi connectivity index (χ2v) is 6.34. The van der Waals surface area contributed by atoms with Gasteiger partial charge in [0.15, 0.2) is 0 Å². The molecule has 2 aromatic rings. The number of aliphatic hydroxyl groups is 1. The van der Waals surface area contributed by atoms with Crippen LogP contribution in [0.5, 0.6) is 0 Å². The normalized spacial score (nSPS) is 13.9. The van der Waals surface area contributed by atoms with E-state index < -0.39 is 0 Å². The van der Waals surface area contributed by atoms with E-state index in [4.69, 9.17) is 0 Å². The van der Waals surface area contributed by atoms with Gasteiger partial charge < -0.3 is 5.11 Å². The molecule has 0 aliphatic heterocycles. The molecule has 2 heteroatoms. The van der Waals surface area contributed by atoms with Crippen molar-refractivity contribution < 1.29 is 5.11 Å². The van der Waals surface area contributed by atoms with Crippen molar-refractivity contribution in [2.45, 2.75) is 39.3 Å². The molecule has 0 bridgehead atoms. The van der Waals surface area contributed by atoms with Gasteiger partial charge in [0.1, 0.15) is 0 Å². The molecule has 2 rings (SSSR count). The summed E-state index contributed by atoms with van der Waals surface area (Å²) in [6.07, 6.45) is 2.19. The van der Waals surface area contributed by atoms with Gasteiger partial charge in [0.05, 0.1) is 0 Å². The lowest BCUT2D eigenvalue weighted by Crippen LogP contribution is -2.33. The van der Waals surface area contributed by atoms with Crippen LogP contribution in [0.15, 0.2) is 60.7 Å². The fourth-order valence-corrected chi connectivity index (χ4v) is 3.10. The Kier molecular flexibility index (Phi) is 7.31. The van der Waals surface area contributed by atoms with E-state index in [9.17, 15) is 5.11 Å². The maximum Gasteiger partial charge on any atom is 0.0471 e. The third-order valence-corrected chi connectivity index (χ3v) is 4.51. The van der Waals surface area contributed by atoms with Gasteiger partial charge in [-0.2, -0.15) is 0 Å². The molecule has 0 aliphatic rings. The van der Waals surface area contributed by atoms with Gasteiger partial charge in [0.2, 0.25) is 0 Å². The van der Waals surface area contributed by atoms with E-state index in [1.807, 2.05) is 0 Å². The van der Waals surface area contributed by atoms with Gasteiger partial charge in [-0.05, 0) is 30.4 Å². The number of hydrogen-bond acceptors (Lipinski definition) is 2. The predicted molar refractivity (Wildman–Crippen MR) is 97.2 cm³/mol. The van der Waals surface area contributed by atoms with Crippen LogP contribution in [0, 0.1) is 5.92 Å². The van der Waals surface area contributed by atoms with Gasteiger partial charge in [-0.1, -0.05) is 74.0 Å². The predicted octanol–water partition coefficient (Wildman–Crippen LogP) is 4.66. The lowest BCUT2D eigenvalue weighted by Gasteiger charge is -2.32. The zero-order chi connectivity index (χ0) is 16.5. The molecular formula is C21H29NO. The summed E-state index contributed by atoms with van der Waals surface area (Å²) in [7, 11) is 0. The highest BCUT2D eigenvalue weighted by Gasteiger charge is 2.20. The van der Waals surface area contributed by atoms with Gasteiger partial charge >= 0.3 is 0 Å². The molecule has 0 heterocycles. The number of hydrogen-bond donors (Lipinski definition) is 1. The van der Waals surface area contributed by atoms with E-state index in [0.717, 1.165) is 25.9 Å². The average molecular weight is 311 g/mol. The van der Waals surface area contributed by atoms with Gasteiger partial charge in [0.25, 0.3) is 0 Å². The standard InChI is InChI=1S/C21H29NO/c1-3-10-20(17-23)16-22(15-19-11-6-4-7-12-19)18(2)21-13-8-5-9-14-21/h4-9,11-14,18,20,23H,3,10,15-17H2,1-2H3/t18-,20-/m0/s1. The van der Waals surface area contributed by atoms with E-state index in [2.05, 4.69) is 79.4 Å². The second-order valence-electron chi connectivity index (χ2n) is 6.34. The lowest BCUT2D eigenvalue weighted by molar-refractivity contribution is 0.123. The molecule has 0 saturated heterocycles. The summed E-state index contributed by atoms with van der Waals surface area (Å²) in [6.45, 7) is 6.55. The highest BCUT2D eigenvalue weighted by Crippen LogP contribution is 2.24. The molecule has 0 aliphatic carbocycles. The maximum atomic E-state index is 9.70. The molecule has 0 aromatic heterocycles. The number of benzene rings is 2. The third-order valence-electron chi connectivity index (χ3n) is 4.51. The van der Waals surface area contributed by atoms with Crippen LogP contribution in [0.4, 0.5) is 0 Å². The highest BCUT2D eigenvalue weighted by molar-refractivity contribution is 5.20. The minimum Gasteiger partial charge on any atom is -0.396 e. The lowest BCUT2D eigenvalue weighted by atomic mass is 10.00. The largest absolute Gasteiger partial charge is 0.396 e. The van der Waals surface area contributed by atoms with Crippen LogP contribution in [0.2, 0.25) is 0 Å². The fraction of sp³-hybridized carbons (Fsp3) is 0.429. The Bertz CT molecular complexity index is 540. The third kappa shape index (κ3) is 5.49. The summed E-state index contributed by atoms with van der Waals surface area (Å²) in [5.74, 6) is 0.342. The minimum atomic E-state index is 0.265. The zero-order valence-corrected chi connectivity index (χ0v) is 14.4. The van der Waals surface area contributed by atoms with Crippen molar-refractivity contribution in [2.75, 3.05) is 13.2 Å². The topological polar surface area (TPSA) is 23.5 Å². The number of nitrogens with zero attached hydrogens (tertiary/aromatic N) is 1. The van der Waals surface area contributed by atoms with E-state index >= 15 is 0 Å². The number of rotatable bonds is 9. The van der Waals surface area contributed by atoms with Crippen LogP contribution in [-0.4, -0.2) is 23.2 Å². The van der Waals surface area contributed by atoms with Crippen molar-refractivity contribution in [3.8, 4) is 0 Å². The Morgan fingerprint density at radius 2 is 1.57 bits per heavy atom. The SMILES string of the molecule is CCC[C@H](CO)CN(Cc1ccccc1)[C@@H](C)c1ccccc1. The van der Waals surface area contributed by atoms with Crippen molar-refractivity contribution in [3.05, 3.63) is 71.8 Å². The van der Waals surface area contributed by atoms with Crippen LogP contribution in [0.1, 0.15) is 43.9 Å².